The molecule has 0 aliphatic heterocycles. The maximum Gasteiger partial charge on any atom is 0.396 e. The molecule has 6 heteroatoms. The van der Waals surface area contributed by atoms with E-state index in [1.807, 2.05) is 55.5 Å². The normalized spacial score (nSPS) is 14.5. The summed E-state index contributed by atoms with van der Waals surface area (Å²) in [6.07, 6.45) is 0.557. The molecule has 2 N–H and O–H groups in total. The van der Waals surface area contributed by atoms with Crippen LogP contribution in [0.15, 0.2) is 48.5 Å². The monoisotopic (exact) mass is 381 g/mol. The fourth-order valence-electron chi connectivity index (χ4n) is 3.55. The Bertz CT molecular complexity index is 862. The van der Waals surface area contributed by atoms with Crippen molar-refractivity contribution in [2.45, 2.75) is 32.2 Å². The minimum absolute atomic E-state index is 0.0152. The molecule has 2 aromatic carbocycles. The first kappa shape index (κ1) is 19.6. The van der Waals surface area contributed by atoms with Gasteiger partial charge in [-0.1, -0.05) is 68.8 Å². The van der Waals surface area contributed by atoms with Gasteiger partial charge < -0.3 is 15.2 Å². The van der Waals surface area contributed by atoms with Gasteiger partial charge in [-0.25, -0.2) is 9.59 Å². The first-order valence-corrected chi connectivity index (χ1v) is 9.32. The maximum atomic E-state index is 12.2. The highest BCUT2D eigenvalue weighted by atomic mass is 16.5. The molecule has 0 saturated carbocycles. The molecule has 0 saturated heterocycles. The second-order valence-corrected chi connectivity index (χ2v) is 7.00. The van der Waals surface area contributed by atoms with E-state index in [-0.39, 0.29) is 18.4 Å². The van der Waals surface area contributed by atoms with E-state index >= 15 is 0 Å². The van der Waals surface area contributed by atoms with E-state index in [4.69, 9.17) is 4.74 Å². The van der Waals surface area contributed by atoms with Crippen molar-refractivity contribution in [3.05, 3.63) is 59.7 Å². The van der Waals surface area contributed by atoms with Gasteiger partial charge in [0.1, 0.15) is 12.6 Å². The van der Waals surface area contributed by atoms with Gasteiger partial charge in [0.05, 0.1) is 0 Å². The lowest BCUT2D eigenvalue weighted by molar-refractivity contribution is -0.156. The molecule has 0 bridgehead atoms. The Morgan fingerprint density at radius 1 is 1.04 bits per heavy atom. The molecule has 146 valence electrons. The van der Waals surface area contributed by atoms with Crippen molar-refractivity contribution < 1.29 is 24.2 Å². The summed E-state index contributed by atoms with van der Waals surface area (Å²) in [4.78, 5) is 35.6. The molecular formula is C22H23NO5. The van der Waals surface area contributed by atoms with Crippen LogP contribution in [0, 0.1) is 5.92 Å². The number of esters is 1. The summed E-state index contributed by atoms with van der Waals surface area (Å²) >= 11 is 0. The van der Waals surface area contributed by atoms with Crippen molar-refractivity contribution >= 4 is 17.8 Å². The van der Waals surface area contributed by atoms with Gasteiger partial charge in [-0.2, -0.15) is 0 Å². The average molecular weight is 381 g/mol. The average Bonchev–Trinajstić information content (AvgIpc) is 3.03. The number of fused-ring (bicyclic) bond motifs is 3. The summed E-state index contributed by atoms with van der Waals surface area (Å²) in [5.74, 6) is -3.74. The third-order valence-electron chi connectivity index (χ3n) is 5.29. The minimum Gasteiger partial charge on any atom is -0.480 e. The van der Waals surface area contributed by atoms with Crippen LogP contribution < -0.4 is 5.32 Å². The van der Waals surface area contributed by atoms with Crippen LogP contribution in [-0.4, -0.2) is 35.6 Å². The summed E-state index contributed by atoms with van der Waals surface area (Å²) < 4.78 is 5.25. The summed E-state index contributed by atoms with van der Waals surface area (Å²) in [6.45, 7) is 3.54. The van der Waals surface area contributed by atoms with Crippen molar-refractivity contribution in [3.8, 4) is 11.1 Å². The molecule has 6 nitrogen and oxygen atoms in total. The molecule has 2 atom stereocenters. The van der Waals surface area contributed by atoms with Crippen molar-refractivity contribution in [1.82, 2.24) is 5.32 Å². The number of carbonyl (C=O) groups is 3. The Morgan fingerprint density at radius 3 is 2.07 bits per heavy atom. The topological polar surface area (TPSA) is 92.7 Å². The lowest BCUT2D eigenvalue weighted by atomic mass is 9.98. The third kappa shape index (κ3) is 3.76. The lowest BCUT2D eigenvalue weighted by Crippen LogP contribution is -2.48. The third-order valence-corrected chi connectivity index (χ3v) is 5.29. The zero-order valence-electron chi connectivity index (χ0n) is 15.8. The Balaban J connectivity index is 1.69. The number of amides is 1. The zero-order chi connectivity index (χ0) is 20.3. The smallest absolute Gasteiger partial charge is 0.396 e. The molecule has 28 heavy (non-hydrogen) atoms. The number of carboxylic acids is 1. The van der Waals surface area contributed by atoms with Crippen LogP contribution >= 0.6 is 0 Å². The van der Waals surface area contributed by atoms with E-state index in [1.54, 1.807) is 6.92 Å². The number of rotatable bonds is 6. The van der Waals surface area contributed by atoms with Gasteiger partial charge in [0, 0.05) is 5.92 Å². The van der Waals surface area contributed by atoms with Crippen molar-refractivity contribution in [3.63, 3.8) is 0 Å². The first-order valence-electron chi connectivity index (χ1n) is 9.32. The quantitative estimate of drug-likeness (QED) is 0.593. The van der Waals surface area contributed by atoms with E-state index in [0.29, 0.717) is 6.42 Å². The Hall–Kier alpha value is -3.15. The number of benzene rings is 2. The predicted octanol–water partition coefficient (Wildman–Crippen LogP) is 2.96. The fraction of sp³-hybridized carbons (Fsp3) is 0.318. The van der Waals surface area contributed by atoms with Gasteiger partial charge in [-0.3, -0.25) is 4.79 Å². The summed E-state index contributed by atoms with van der Waals surface area (Å²) in [5, 5.41) is 11.5. The summed E-state index contributed by atoms with van der Waals surface area (Å²) in [7, 11) is 0. The van der Waals surface area contributed by atoms with Crippen LogP contribution in [0.2, 0.25) is 0 Å². The van der Waals surface area contributed by atoms with Crippen LogP contribution in [0.25, 0.3) is 11.1 Å². The van der Waals surface area contributed by atoms with Gasteiger partial charge in [-0.15, -0.1) is 0 Å². The molecule has 1 aliphatic rings. The van der Waals surface area contributed by atoms with Crippen molar-refractivity contribution in [1.29, 1.82) is 0 Å². The lowest BCUT2D eigenvalue weighted by Gasteiger charge is -2.20. The largest absolute Gasteiger partial charge is 0.480 e. The van der Waals surface area contributed by atoms with Crippen molar-refractivity contribution in [2.24, 2.45) is 5.92 Å². The number of ether oxygens (including phenoxy) is 1. The number of nitrogens with one attached hydrogen (secondary N) is 1. The number of hydrogen-bond donors (Lipinski definition) is 2. The van der Waals surface area contributed by atoms with Gasteiger partial charge in [0.2, 0.25) is 0 Å². The molecule has 0 radical (unpaired) electrons. The van der Waals surface area contributed by atoms with E-state index in [1.165, 1.54) is 0 Å². The minimum atomic E-state index is -1.17. The fourth-order valence-corrected chi connectivity index (χ4v) is 3.55. The molecule has 0 spiro atoms. The zero-order valence-corrected chi connectivity index (χ0v) is 15.8. The Kier molecular flexibility index (Phi) is 5.78. The van der Waals surface area contributed by atoms with E-state index in [0.717, 1.165) is 22.3 Å². The first-order chi connectivity index (χ1) is 13.4. The van der Waals surface area contributed by atoms with E-state index in [2.05, 4.69) is 5.32 Å². The molecule has 1 amide bonds. The van der Waals surface area contributed by atoms with Crippen LogP contribution in [-0.2, 0) is 19.1 Å². The highest BCUT2D eigenvalue weighted by molar-refractivity contribution is 6.32. The highest BCUT2D eigenvalue weighted by Crippen LogP contribution is 2.44. The predicted molar refractivity (Wildman–Crippen MR) is 104 cm³/mol. The SMILES string of the molecule is CCC(C)C(NC(=O)C(=O)OCC1c2ccccc2-c2ccccc21)C(=O)O. The van der Waals surface area contributed by atoms with Crippen molar-refractivity contribution in [2.75, 3.05) is 6.61 Å². The number of carboxylic acid groups (broad SMARTS) is 1. The molecule has 2 unspecified atom stereocenters. The summed E-state index contributed by atoms with van der Waals surface area (Å²) in [6, 6.07) is 14.6. The Morgan fingerprint density at radius 2 is 1.57 bits per heavy atom. The molecule has 3 rings (SSSR count). The van der Waals surface area contributed by atoms with Gasteiger partial charge in [0.25, 0.3) is 0 Å². The van der Waals surface area contributed by atoms with Crippen LogP contribution in [0.3, 0.4) is 0 Å². The van der Waals surface area contributed by atoms with Gasteiger partial charge in [0.15, 0.2) is 0 Å². The second kappa shape index (κ2) is 8.25. The van der Waals surface area contributed by atoms with Gasteiger partial charge >= 0.3 is 17.8 Å². The van der Waals surface area contributed by atoms with Gasteiger partial charge in [-0.05, 0) is 28.2 Å². The highest BCUT2D eigenvalue weighted by Gasteiger charge is 2.32. The number of aliphatic carboxylic acids is 1. The maximum absolute atomic E-state index is 12.2. The van der Waals surface area contributed by atoms with E-state index in [9.17, 15) is 19.5 Å². The number of hydrogen-bond acceptors (Lipinski definition) is 4. The van der Waals surface area contributed by atoms with Crippen LogP contribution in [0.1, 0.15) is 37.3 Å². The molecular weight excluding hydrogens is 358 g/mol. The Labute approximate surface area is 163 Å². The molecule has 0 heterocycles. The number of carbonyl (C=O) groups excluding carboxylic acids is 2. The second-order valence-electron chi connectivity index (χ2n) is 7.00. The molecule has 0 fully saturated rings. The van der Waals surface area contributed by atoms with E-state index < -0.39 is 23.9 Å². The van der Waals surface area contributed by atoms with Crippen LogP contribution in [0.4, 0.5) is 0 Å². The molecule has 1 aliphatic carbocycles. The van der Waals surface area contributed by atoms with Crippen LogP contribution in [0.5, 0.6) is 0 Å². The standard InChI is InChI=1S/C22H23NO5/c1-3-13(2)19(21(25)26)23-20(24)22(27)28-12-18-16-10-6-4-8-14(16)15-9-5-7-11-17(15)18/h4-11,13,18-19H,3,12H2,1-2H3,(H,23,24)(H,25,26). The molecule has 0 aromatic heterocycles. The molecule has 2 aromatic rings. The summed E-state index contributed by atoms with van der Waals surface area (Å²) in [5.41, 5.74) is 4.26.